The third-order valence-electron chi connectivity index (χ3n) is 4.66. The average Bonchev–Trinajstić information content (AvgIpc) is 2.71. The molecule has 2 aromatic carbocycles. The van der Waals surface area contributed by atoms with Gasteiger partial charge in [0.05, 0.1) is 16.6 Å². The van der Waals surface area contributed by atoms with Crippen LogP contribution in [0.15, 0.2) is 42.5 Å². The van der Waals surface area contributed by atoms with Gasteiger partial charge in [-0.2, -0.15) is 0 Å². The maximum absolute atomic E-state index is 12.5. The molecule has 29 heavy (non-hydrogen) atoms. The van der Waals surface area contributed by atoms with Crippen molar-refractivity contribution in [1.29, 1.82) is 0 Å². The Balaban J connectivity index is 1.56. The molecule has 2 amide bonds. The second kappa shape index (κ2) is 9.65. The van der Waals surface area contributed by atoms with Gasteiger partial charge in [0.25, 0.3) is 5.91 Å². The number of benzene rings is 2. The molecule has 0 bridgehead atoms. The van der Waals surface area contributed by atoms with Gasteiger partial charge in [-0.05, 0) is 35.7 Å². The molecule has 3 rings (SSSR count). The summed E-state index contributed by atoms with van der Waals surface area (Å²) in [6.45, 7) is 5.36. The van der Waals surface area contributed by atoms with E-state index in [1.54, 1.807) is 24.3 Å². The normalized spacial score (nSPS) is 13.7. The SMILES string of the molecule is CC(C)[C@@H](NC(=O)CCNC(=O)c1ccccc1Cl)c1ccc2c(c1)OCCO2. The van der Waals surface area contributed by atoms with Gasteiger partial charge >= 0.3 is 0 Å². The Bertz CT molecular complexity index is 885. The van der Waals surface area contributed by atoms with Crippen LogP contribution in [0.5, 0.6) is 11.5 Å². The Kier molecular flexibility index (Phi) is 6.99. The topological polar surface area (TPSA) is 76.7 Å². The van der Waals surface area contributed by atoms with E-state index in [2.05, 4.69) is 10.6 Å². The maximum atomic E-state index is 12.5. The lowest BCUT2D eigenvalue weighted by atomic mass is 9.95. The highest BCUT2D eigenvalue weighted by Crippen LogP contribution is 2.34. The standard InChI is InChI=1S/C22H25ClN2O4/c1-14(2)21(15-7-8-18-19(13-15)29-12-11-28-18)25-20(26)9-10-24-22(27)16-5-3-4-6-17(16)23/h3-8,13-14,21H,9-12H2,1-2H3,(H,24,27)(H,25,26)/t21-/m1/s1. The van der Waals surface area contributed by atoms with Crippen LogP contribution in [-0.2, 0) is 4.79 Å². The Morgan fingerprint density at radius 1 is 1.07 bits per heavy atom. The first-order chi connectivity index (χ1) is 14.0. The summed E-state index contributed by atoms with van der Waals surface area (Å²) in [5.41, 5.74) is 1.35. The van der Waals surface area contributed by atoms with Crippen molar-refractivity contribution in [1.82, 2.24) is 10.6 Å². The molecule has 1 atom stereocenters. The van der Waals surface area contributed by atoms with Crippen LogP contribution in [0, 0.1) is 5.92 Å². The summed E-state index contributed by atoms with van der Waals surface area (Å²) >= 11 is 6.02. The van der Waals surface area contributed by atoms with Crippen molar-refractivity contribution in [3.63, 3.8) is 0 Å². The second-order valence-corrected chi connectivity index (χ2v) is 7.59. The van der Waals surface area contributed by atoms with Gasteiger partial charge in [0.1, 0.15) is 13.2 Å². The van der Waals surface area contributed by atoms with Gasteiger partial charge in [-0.15, -0.1) is 0 Å². The molecular formula is C22H25ClN2O4. The van der Waals surface area contributed by atoms with E-state index in [1.165, 1.54) is 0 Å². The number of ether oxygens (including phenoxy) is 2. The summed E-state index contributed by atoms with van der Waals surface area (Å²) in [5.74, 6) is 1.16. The number of rotatable bonds is 7. The van der Waals surface area contributed by atoms with Crippen LogP contribution in [0.1, 0.15) is 42.2 Å². The summed E-state index contributed by atoms with van der Waals surface area (Å²) < 4.78 is 11.2. The lowest BCUT2D eigenvalue weighted by molar-refractivity contribution is -0.122. The van der Waals surface area contributed by atoms with Crippen LogP contribution in [0.4, 0.5) is 0 Å². The molecule has 154 valence electrons. The zero-order valence-corrected chi connectivity index (χ0v) is 17.3. The Morgan fingerprint density at radius 2 is 1.79 bits per heavy atom. The molecule has 6 nitrogen and oxygen atoms in total. The average molecular weight is 417 g/mol. The lowest BCUT2D eigenvalue weighted by Gasteiger charge is -2.25. The number of hydrogen-bond acceptors (Lipinski definition) is 4. The third-order valence-corrected chi connectivity index (χ3v) is 4.99. The predicted molar refractivity (Wildman–Crippen MR) is 112 cm³/mol. The largest absolute Gasteiger partial charge is 0.486 e. The number of halogens is 1. The molecular weight excluding hydrogens is 392 g/mol. The Morgan fingerprint density at radius 3 is 2.52 bits per heavy atom. The Hall–Kier alpha value is -2.73. The van der Waals surface area contributed by atoms with E-state index in [9.17, 15) is 9.59 Å². The molecule has 0 saturated heterocycles. The summed E-state index contributed by atoms with van der Waals surface area (Å²) in [6.07, 6.45) is 0.171. The smallest absolute Gasteiger partial charge is 0.252 e. The lowest BCUT2D eigenvalue weighted by Crippen LogP contribution is -2.35. The highest BCUT2D eigenvalue weighted by molar-refractivity contribution is 6.33. The third kappa shape index (κ3) is 5.41. The van der Waals surface area contributed by atoms with E-state index < -0.39 is 0 Å². The first kappa shape index (κ1) is 21.0. The number of carbonyl (C=O) groups excluding carboxylic acids is 2. The fourth-order valence-corrected chi connectivity index (χ4v) is 3.39. The van der Waals surface area contributed by atoms with Crippen LogP contribution in [0.25, 0.3) is 0 Å². The zero-order chi connectivity index (χ0) is 20.8. The van der Waals surface area contributed by atoms with Crippen molar-refractivity contribution in [2.24, 2.45) is 5.92 Å². The van der Waals surface area contributed by atoms with Crippen molar-refractivity contribution in [2.75, 3.05) is 19.8 Å². The summed E-state index contributed by atoms with van der Waals surface area (Å²) in [4.78, 5) is 24.6. The van der Waals surface area contributed by atoms with E-state index in [-0.39, 0.29) is 36.7 Å². The minimum absolute atomic E-state index is 0.141. The summed E-state index contributed by atoms with van der Waals surface area (Å²) in [6, 6.07) is 12.4. The van der Waals surface area contributed by atoms with Gasteiger partial charge in [0.2, 0.25) is 5.91 Å². The monoisotopic (exact) mass is 416 g/mol. The van der Waals surface area contributed by atoms with Gasteiger partial charge in [-0.3, -0.25) is 9.59 Å². The first-order valence-electron chi connectivity index (χ1n) is 9.67. The maximum Gasteiger partial charge on any atom is 0.252 e. The number of amides is 2. The molecule has 0 aliphatic carbocycles. The van der Waals surface area contributed by atoms with Crippen molar-refractivity contribution < 1.29 is 19.1 Å². The minimum Gasteiger partial charge on any atom is -0.486 e. The number of hydrogen-bond donors (Lipinski definition) is 2. The molecule has 1 heterocycles. The van der Waals surface area contributed by atoms with E-state index in [4.69, 9.17) is 21.1 Å². The zero-order valence-electron chi connectivity index (χ0n) is 16.5. The van der Waals surface area contributed by atoms with Crippen LogP contribution in [-0.4, -0.2) is 31.6 Å². The summed E-state index contributed by atoms with van der Waals surface area (Å²) in [7, 11) is 0. The molecule has 2 N–H and O–H groups in total. The molecule has 0 unspecified atom stereocenters. The predicted octanol–water partition coefficient (Wildman–Crippen LogP) is 3.74. The molecule has 7 heteroatoms. The Labute approximate surface area is 175 Å². The molecule has 0 radical (unpaired) electrons. The summed E-state index contributed by atoms with van der Waals surface area (Å²) in [5, 5.41) is 6.17. The van der Waals surface area contributed by atoms with Crippen molar-refractivity contribution in [3.05, 3.63) is 58.6 Å². The van der Waals surface area contributed by atoms with Crippen LogP contribution in [0.3, 0.4) is 0 Å². The van der Waals surface area contributed by atoms with Crippen LogP contribution < -0.4 is 20.1 Å². The van der Waals surface area contributed by atoms with E-state index in [1.807, 2.05) is 32.0 Å². The van der Waals surface area contributed by atoms with Crippen LogP contribution >= 0.6 is 11.6 Å². The van der Waals surface area contributed by atoms with Gasteiger partial charge < -0.3 is 20.1 Å². The molecule has 0 fully saturated rings. The van der Waals surface area contributed by atoms with Crippen molar-refractivity contribution in [2.45, 2.75) is 26.3 Å². The molecule has 1 aliphatic heterocycles. The minimum atomic E-state index is -0.296. The molecule has 2 aromatic rings. The van der Waals surface area contributed by atoms with E-state index in [0.717, 1.165) is 11.3 Å². The second-order valence-electron chi connectivity index (χ2n) is 7.18. The highest BCUT2D eigenvalue weighted by atomic mass is 35.5. The molecule has 0 spiro atoms. The molecule has 0 aromatic heterocycles. The quantitative estimate of drug-likeness (QED) is 0.720. The molecule has 1 aliphatic rings. The highest BCUT2D eigenvalue weighted by Gasteiger charge is 2.21. The van der Waals surface area contributed by atoms with Crippen molar-refractivity contribution in [3.8, 4) is 11.5 Å². The van der Waals surface area contributed by atoms with E-state index in [0.29, 0.717) is 29.5 Å². The van der Waals surface area contributed by atoms with Crippen molar-refractivity contribution >= 4 is 23.4 Å². The van der Waals surface area contributed by atoms with Gasteiger partial charge in [0.15, 0.2) is 11.5 Å². The van der Waals surface area contributed by atoms with Crippen LogP contribution in [0.2, 0.25) is 5.02 Å². The van der Waals surface area contributed by atoms with Gasteiger partial charge in [-0.1, -0.05) is 43.6 Å². The fraction of sp³-hybridized carbons (Fsp3) is 0.364. The first-order valence-corrected chi connectivity index (χ1v) is 10.0. The van der Waals surface area contributed by atoms with E-state index >= 15 is 0 Å². The molecule has 0 saturated carbocycles. The number of carbonyl (C=O) groups is 2. The van der Waals surface area contributed by atoms with Gasteiger partial charge in [0, 0.05) is 13.0 Å². The fourth-order valence-electron chi connectivity index (χ4n) is 3.16. The number of fused-ring (bicyclic) bond motifs is 1. The number of nitrogens with one attached hydrogen (secondary N) is 2. The van der Waals surface area contributed by atoms with Gasteiger partial charge in [-0.25, -0.2) is 0 Å².